The first kappa shape index (κ1) is 33.8. The second kappa shape index (κ2) is 14.1. The van der Waals surface area contributed by atoms with Gasteiger partial charge in [-0.3, -0.25) is 9.59 Å². The Morgan fingerprint density at radius 1 is 0.936 bits per heavy atom. The first-order valence-electron chi connectivity index (χ1n) is 13.9. The number of phenolic OH excluding ortho intramolecular Hbond substituents is 2. The van der Waals surface area contributed by atoms with Gasteiger partial charge in [0.25, 0.3) is 11.8 Å². The number of hydrogen-bond acceptors (Lipinski definition) is 9. The molecule has 2 unspecified atom stereocenters. The number of anilines is 3. The number of benzene rings is 4. The minimum absolute atomic E-state index is 0.00208. The smallest absolute Gasteiger partial charge is 0.282 e. The number of ether oxygens (including phenoxy) is 1. The lowest BCUT2D eigenvalue weighted by Gasteiger charge is -2.16. The fourth-order valence-electron chi connectivity index (χ4n) is 4.41. The molecule has 15 heteroatoms. The summed E-state index contributed by atoms with van der Waals surface area (Å²) in [5.41, 5.74) is 2.25. The molecule has 1 heterocycles. The average Bonchev–Trinajstić information content (AvgIpc) is 3.30. The molecule has 2 amide bonds. The van der Waals surface area contributed by atoms with Gasteiger partial charge in [-0.25, -0.2) is 0 Å². The maximum Gasteiger partial charge on any atom is 0.282 e. The summed E-state index contributed by atoms with van der Waals surface area (Å²) in [6.07, 6.45) is -0.895. The van der Waals surface area contributed by atoms with Crippen LogP contribution in [0, 0.1) is 13.8 Å². The number of amidine groups is 1. The van der Waals surface area contributed by atoms with Gasteiger partial charge in [-0.05, 0) is 92.6 Å². The van der Waals surface area contributed by atoms with Crippen molar-refractivity contribution >= 4 is 86.8 Å². The average molecular weight is 716 g/mol. The summed E-state index contributed by atoms with van der Waals surface area (Å²) in [6, 6.07) is 15.6. The minimum atomic E-state index is -1.34. The quantitative estimate of drug-likeness (QED) is 0.134. The van der Waals surface area contributed by atoms with E-state index in [4.69, 9.17) is 51.1 Å². The van der Waals surface area contributed by atoms with E-state index < -0.39 is 24.0 Å². The largest absolute Gasteiger partial charge is 0.508 e. The summed E-state index contributed by atoms with van der Waals surface area (Å²) in [7, 11) is 0. The predicted molar refractivity (Wildman–Crippen MR) is 184 cm³/mol. The first-order valence-corrected chi connectivity index (χ1v) is 15.4. The maximum atomic E-state index is 13.7. The van der Waals surface area contributed by atoms with E-state index in [2.05, 4.69) is 26.0 Å². The number of hydrogen-bond donors (Lipinski definition) is 4. The number of nitrogens with zero attached hydrogens (tertiary/aromatic N) is 4. The van der Waals surface area contributed by atoms with Crippen molar-refractivity contribution in [3.8, 4) is 17.2 Å². The molecule has 0 aliphatic carbocycles. The molecule has 0 saturated heterocycles. The van der Waals surface area contributed by atoms with Gasteiger partial charge in [-0.1, -0.05) is 52.5 Å². The highest BCUT2D eigenvalue weighted by atomic mass is 35.5. The molecule has 0 spiro atoms. The molecule has 0 radical (unpaired) electrons. The Bertz CT molecular complexity index is 1930. The number of nitrogens with one attached hydrogen (secondary N) is 2. The fraction of sp³-hybridized carbons (Fsp3) is 0.156. The van der Waals surface area contributed by atoms with Gasteiger partial charge in [0, 0.05) is 10.7 Å². The molecule has 0 bridgehead atoms. The number of halogens is 4. The summed E-state index contributed by atoms with van der Waals surface area (Å²) >= 11 is 25.4. The molecular formula is C32H26Cl4N6O5. The molecule has 5 rings (SSSR count). The van der Waals surface area contributed by atoms with Crippen molar-refractivity contribution in [2.24, 2.45) is 15.3 Å². The number of carbonyl (C=O) groups excluding carboxylic acids is 2. The number of rotatable bonds is 8. The Hall–Kier alpha value is -4.55. The highest BCUT2D eigenvalue weighted by Gasteiger charge is 2.39. The van der Waals surface area contributed by atoms with Crippen LogP contribution in [0.25, 0.3) is 0 Å². The van der Waals surface area contributed by atoms with Crippen LogP contribution in [0.1, 0.15) is 18.1 Å². The van der Waals surface area contributed by atoms with Gasteiger partial charge < -0.3 is 25.6 Å². The van der Waals surface area contributed by atoms with E-state index in [-0.39, 0.29) is 54.5 Å². The number of amides is 2. The van der Waals surface area contributed by atoms with Crippen molar-refractivity contribution in [3.63, 3.8) is 0 Å². The number of hydrazone groups is 1. The summed E-state index contributed by atoms with van der Waals surface area (Å²) in [6.45, 7) is 5.11. The van der Waals surface area contributed by atoms with Crippen molar-refractivity contribution in [3.05, 3.63) is 97.9 Å². The molecule has 11 nitrogen and oxygen atoms in total. The second-order valence-electron chi connectivity index (χ2n) is 10.5. The standard InChI is InChI=1S/C32H26Cl4N6O5/c1-15-4-8-27(44)25(10-15)39-40-28-30(41-42(32(28)46)29-22(35)12-18(33)13-23(29)36)38-24-14-19(5-7-21(24)34)37-31(45)17(3)47-20-6-9-26(43)16(2)11-20/h4-14,17,28,43-44H,1-3H3,(H,37,45)(H,38,41)/b40-39+. The van der Waals surface area contributed by atoms with Crippen LogP contribution < -0.4 is 20.4 Å². The molecule has 4 aromatic rings. The van der Waals surface area contributed by atoms with E-state index >= 15 is 0 Å². The monoisotopic (exact) mass is 714 g/mol. The Morgan fingerprint density at radius 3 is 2.34 bits per heavy atom. The molecule has 2 atom stereocenters. The first-order chi connectivity index (χ1) is 22.3. The lowest BCUT2D eigenvalue weighted by atomic mass is 10.2. The summed E-state index contributed by atoms with van der Waals surface area (Å²) in [4.78, 5) is 26.7. The van der Waals surface area contributed by atoms with Crippen molar-refractivity contribution in [2.75, 3.05) is 15.6 Å². The number of aromatic hydroxyl groups is 2. The van der Waals surface area contributed by atoms with E-state index in [0.717, 1.165) is 10.6 Å². The zero-order chi connectivity index (χ0) is 34.0. The number of phenols is 2. The van der Waals surface area contributed by atoms with Gasteiger partial charge in [0.2, 0.25) is 6.04 Å². The third-order valence-corrected chi connectivity index (χ3v) is 7.99. The highest BCUT2D eigenvalue weighted by molar-refractivity contribution is 6.43. The molecule has 4 aromatic carbocycles. The Balaban J connectivity index is 1.43. The van der Waals surface area contributed by atoms with Crippen molar-refractivity contribution < 1.29 is 24.5 Å². The van der Waals surface area contributed by atoms with Crippen molar-refractivity contribution in [1.29, 1.82) is 0 Å². The lowest BCUT2D eigenvalue weighted by Crippen LogP contribution is -2.33. The maximum absolute atomic E-state index is 13.7. The van der Waals surface area contributed by atoms with Crippen LogP contribution in [0.15, 0.2) is 82.1 Å². The minimum Gasteiger partial charge on any atom is -0.508 e. The molecule has 242 valence electrons. The molecule has 47 heavy (non-hydrogen) atoms. The van der Waals surface area contributed by atoms with Gasteiger partial charge in [0.05, 0.1) is 20.8 Å². The summed E-state index contributed by atoms with van der Waals surface area (Å²) in [5, 5.41) is 40.2. The zero-order valence-electron chi connectivity index (χ0n) is 24.9. The topological polar surface area (TPSA) is 148 Å². The van der Waals surface area contributed by atoms with E-state index in [0.29, 0.717) is 17.0 Å². The molecule has 1 aliphatic rings. The highest BCUT2D eigenvalue weighted by Crippen LogP contribution is 2.39. The van der Waals surface area contributed by atoms with Gasteiger partial charge in [0.15, 0.2) is 11.9 Å². The molecule has 0 fully saturated rings. The third kappa shape index (κ3) is 7.71. The summed E-state index contributed by atoms with van der Waals surface area (Å²) in [5.74, 6) is -0.732. The SMILES string of the molecule is Cc1ccc(O)c(/N=N/C2C(=O)N(c3c(Cl)cc(Cl)cc3Cl)N=C2Nc2cc(NC(=O)C(C)Oc3ccc(O)c(C)c3)ccc2Cl)c1. The van der Waals surface area contributed by atoms with E-state index in [1.165, 1.54) is 36.4 Å². The van der Waals surface area contributed by atoms with Crippen LogP contribution >= 0.6 is 46.4 Å². The van der Waals surface area contributed by atoms with Crippen LogP contribution in [0.2, 0.25) is 20.1 Å². The Morgan fingerprint density at radius 2 is 1.64 bits per heavy atom. The fourth-order valence-corrected chi connectivity index (χ4v) is 5.55. The Kier molecular flexibility index (Phi) is 10.1. The zero-order valence-corrected chi connectivity index (χ0v) is 27.9. The molecule has 0 saturated carbocycles. The van der Waals surface area contributed by atoms with Crippen molar-refractivity contribution in [2.45, 2.75) is 32.9 Å². The van der Waals surface area contributed by atoms with Crippen LogP contribution in [-0.2, 0) is 9.59 Å². The number of aryl methyl sites for hydroxylation is 2. The van der Waals surface area contributed by atoms with Gasteiger partial charge in [-0.15, -0.1) is 5.10 Å². The van der Waals surface area contributed by atoms with Gasteiger partial charge in [-0.2, -0.15) is 15.2 Å². The normalized spacial score (nSPS) is 15.1. The summed E-state index contributed by atoms with van der Waals surface area (Å²) < 4.78 is 5.73. The number of carbonyl (C=O) groups is 2. The van der Waals surface area contributed by atoms with Crippen LogP contribution in [0.5, 0.6) is 17.2 Å². The van der Waals surface area contributed by atoms with Crippen molar-refractivity contribution in [1.82, 2.24) is 0 Å². The molecule has 1 aliphatic heterocycles. The van der Waals surface area contributed by atoms with Crippen LogP contribution in [-0.4, -0.2) is 40.0 Å². The molecular weight excluding hydrogens is 690 g/mol. The van der Waals surface area contributed by atoms with E-state index in [9.17, 15) is 19.8 Å². The lowest BCUT2D eigenvalue weighted by molar-refractivity contribution is -0.122. The van der Waals surface area contributed by atoms with Crippen LogP contribution in [0.3, 0.4) is 0 Å². The molecule has 0 aromatic heterocycles. The number of azo groups is 1. The van der Waals surface area contributed by atoms with Crippen LogP contribution in [0.4, 0.5) is 22.7 Å². The predicted octanol–water partition coefficient (Wildman–Crippen LogP) is 8.66. The third-order valence-electron chi connectivity index (χ3n) is 6.86. The van der Waals surface area contributed by atoms with E-state index in [1.807, 2.05) is 6.92 Å². The Labute approximate surface area is 289 Å². The molecule has 4 N–H and O–H groups in total. The van der Waals surface area contributed by atoms with Gasteiger partial charge in [0.1, 0.15) is 28.6 Å². The van der Waals surface area contributed by atoms with E-state index in [1.54, 1.807) is 44.2 Å². The second-order valence-corrected chi connectivity index (χ2v) is 12.1. The van der Waals surface area contributed by atoms with Gasteiger partial charge >= 0.3 is 0 Å².